The molecule has 1 saturated carbocycles. The molecule has 5 heteroatoms. The number of aromatic amines is 1. The van der Waals surface area contributed by atoms with Crippen molar-refractivity contribution in [3.05, 3.63) is 76.3 Å². The average molecular weight is 389 g/mol. The predicted molar refractivity (Wildman–Crippen MR) is 114 cm³/mol. The first-order chi connectivity index (χ1) is 14.2. The van der Waals surface area contributed by atoms with Crippen molar-refractivity contribution in [3.63, 3.8) is 0 Å². The van der Waals surface area contributed by atoms with Crippen LogP contribution in [0.5, 0.6) is 0 Å². The van der Waals surface area contributed by atoms with E-state index in [2.05, 4.69) is 9.97 Å². The van der Waals surface area contributed by atoms with Crippen LogP contribution in [0, 0.1) is 5.92 Å². The van der Waals surface area contributed by atoms with Crippen LogP contribution in [0.15, 0.2) is 59.4 Å². The van der Waals surface area contributed by atoms with Crippen LogP contribution in [0.25, 0.3) is 10.9 Å². The molecule has 1 aliphatic carbocycles. The van der Waals surface area contributed by atoms with E-state index in [-0.39, 0.29) is 11.5 Å². The first-order valence-corrected chi connectivity index (χ1v) is 10.5. The van der Waals surface area contributed by atoms with E-state index in [0.717, 1.165) is 12.0 Å². The highest BCUT2D eigenvalue weighted by molar-refractivity contribution is 5.78. The summed E-state index contributed by atoms with van der Waals surface area (Å²) in [5.41, 5.74) is 1.57. The molecule has 1 aromatic heterocycles. The second-order valence-corrected chi connectivity index (χ2v) is 7.95. The number of carbonyl (C=O) groups is 1. The number of carbonyl (C=O) groups excluding carboxylic acids is 1. The second kappa shape index (κ2) is 9.03. The first-order valence-electron chi connectivity index (χ1n) is 10.5. The summed E-state index contributed by atoms with van der Waals surface area (Å²) in [6.07, 6.45) is 6.56. The SMILES string of the molecule is O=C(CCC1CCCC1)N(Cc1ccccc1)Cc1nc2ccccc2c(=O)[nH]1. The number of hydrogen-bond donors (Lipinski definition) is 1. The topological polar surface area (TPSA) is 66.1 Å². The highest BCUT2D eigenvalue weighted by Gasteiger charge is 2.20. The molecular weight excluding hydrogens is 362 g/mol. The summed E-state index contributed by atoms with van der Waals surface area (Å²) in [6.45, 7) is 0.819. The van der Waals surface area contributed by atoms with Crippen LogP contribution >= 0.6 is 0 Å². The van der Waals surface area contributed by atoms with Gasteiger partial charge < -0.3 is 9.88 Å². The molecular formula is C24H27N3O2. The Morgan fingerprint density at radius 2 is 1.72 bits per heavy atom. The molecule has 0 atom stereocenters. The number of amides is 1. The van der Waals surface area contributed by atoms with Gasteiger partial charge in [-0.3, -0.25) is 9.59 Å². The minimum atomic E-state index is -0.163. The van der Waals surface area contributed by atoms with Gasteiger partial charge in [0.05, 0.1) is 17.4 Å². The lowest BCUT2D eigenvalue weighted by atomic mass is 10.0. The van der Waals surface area contributed by atoms with Crippen LogP contribution < -0.4 is 5.56 Å². The van der Waals surface area contributed by atoms with Gasteiger partial charge in [0.1, 0.15) is 5.82 Å². The minimum absolute atomic E-state index is 0.122. The molecule has 1 fully saturated rings. The van der Waals surface area contributed by atoms with Crippen LogP contribution in [0.1, 0.15) is 49.9 Å². The van der Waals surface area contributed by atoms with E-state index in [9.17, 15) is 9.59 Å². The van der Waals surface area contributed by atoms with Crippen LogP contribution in [0.2, 0.25) is 0 Å². The zero-order chi connectivity index (χ0) is 20.1. The number of rotatable bonds is 7. The Morgan fingerprint density at radius 3 is 2.52 bits per heavy atom. The molecule has 1 N–H and O–H groups in total. The molecule has 29 heavy (non-hydrogen) atoms. The summed E-state index contributed by atoms with van der Waals surface area (Å²) in [7, 11) is 0. The summed E-state index contributed by atoms with van der Waals surface area (Å²) in [5.74, 6) is 1.33. The van der Waals surface area contributed by atoms with E-state index in [1.54, 1.807) is 6.07 Å². The lowest BCUT2D eigenvalue weighted by Gasteiger charge is -2.23. The van der Waals surface area contributed by atoms with Crippen LogP contribution in [-0.4, -0.2) is 20.8 Å². The fourth-order valence-corrected chi connectivity index (χ4v) is 4.21. The molecule has 1 aliphatic rings. The Balaban J connectivity index is 1.54. The maximum absolute atomic E-state index is 13.1. The number of aromatic nitrogens is 2. The number of fused-ring (bicyclic) bond motifs is 1. The molecule has 4 rings (SSSR count). The molecule has 150 valence electrons. The monoisotopic (exact) mass is 389 g/mol. The Kier molecular flexibility index (Phi) is 6.03. The van der Waals surface area contributed by atoms with Crippen LogP contribution in [-0.2, 0) is 17.9 Å². The predicted octanol–water partition coefficient (Wildman–Crippen LogP) is 4.42. The van der Waals surface area contributed by atoms with Gasteiger partial charge in [-0.25, -0.2) is 4.98 Å². The van der Waals surface area contributed by atoms with Gasteiger partial charge in [-0.2, -0.15) is 0 Å². The number of hydrogen-bond acceptors (Lipinski definition) is 3. The van der Waals surface area contributed by atoms with Crippen LogP contribution in [0.4, 0.5) is 0 Å². The normalized spacial score (nSPS) is 14.3. The number of benzene rings is 2. The third kappa shape index (κ3) is 4.91. The van der Waals surface area contributed by atoms with Crippen LogP contribution in [0.3, 0.4) is 0 Å². The molecule has 0 unspecified atom stereocenters. The van der Waals surface area contributed by atoms with Crippen molar-refractivity contribution in [3.8, 4) is 0 Å². The fourth-order valence-electron chi connectivity index (χ4n) is 4.21. The van der Waals surface area contributed by atoms with Gasteiger partial charge in [0, 0.05) is 13.0 Å². The van der Waals surface area contributed by atoms with E-state index < -0.39 is 0 Å². The second-order valence-electron chi connectivity index (χ2n) is 7.95. The van der Waals surface area contributed by atoms with Crippen molar-refractivity contribution in [1.82, 2.24) is 14.9 Å². The molecule has 1 amide bonds. The first kappa shape index (κ1) is 19.4. The number of H-pyrrole nitrogens is 1. The quantitative estimate of drug-likeness (QED) is 0.650. The molecule has 3 aromatic rings. The Hall–Kier alpha value is -2.95. The average Bonchev–Trinajstić information content (AvgIpc) is 3.26. The third-order valence-corrected chi connectivity index (χ3v) is 5.81. The van der Waals surface area contributed by atoms with Gasteiger partial charge in [0.15, 0.2) is 0 Å². The van der Waals surface area contributed by atoms with E-state index in [0.29, 0.717) is 42.2 Å². The number of nitrogens with one attached hydrogen (secondary N) is 1. The molecule has 0 aliphatic heterocycles. The summed E-state index contributed by atoms with van der Waals surface area (Å²) in [4.78, 5) is 34.7. The highest BCUT2D eigenvalue weighted by atomic mass is 16.2. The molecule has 5 nitrogen and oxygen atoms in total. The molecule has 2 aromatic carbocycles. The van der Waals surface area contributed by atoms with Crippen molar-refractivity contribution in [1.29, 1.82) is 0 Å². The smallest absolute Gasteiger partial charge is 0.258 e. The standard InChI is InChI=1S/C24H27N3O2/c28-23(15-14-18-8-4-5-9-18)27(16-19-10-2-1-3-11-19)17-22-25-21-13-7-6-12-20(21)24(29)26-22/h1-3,6-7,10-13,18H,4-5,8-9,14-17H2,(H,25,26,29). The Morgan fingerprint density at radius 1 is 1.00 bits per heavy atom. The van der Waals surface area contributed by atoms with Gasteiger partial charge in [-0.1, -0.05) is 68.1 Å². The van der Waals surface area contributed by atoms with Crippen molar-refractivity contribution >= 4 is 16.8 Å². The summed E-state index contributed by atoms with van der Waals surface area (Å²) < 4.78 is 0. The van der Waals surface area contributed by atoms with E-state index in [1.165, 1.54) is 25.7 Å². The van der Waals surface area contributed by atoms with Crippen molar-refractivity contribution in [2.45, 2.75) is 51.6 Å². The zero-order valence-electron chi connectivity index (χ0n) is 16.6. The van der Waals surface area contributed by atoms with Gasteiger partial charge >= 0.3 is 0 Å². The van der Waals surface area contributed by atoms with Gasteiger partial charge in [0.2, 0.25) is 5.91 Å². The number of para-hydroxylation sites is 1. The van der Waals surface area contributed by atoms with Crippen molar-refractivity contribution in [2.24, 2.45) is 5.92 Å². The molecule has 0 bridgehead atoms. The Labute approximate surface area is 170 Å². The van der Waals surface area contributed by atoms with E-state index >= 15 is 0 Å². The lowest BCUT2D eigenvalue weighted by molar-refractivity contribution is -0.132. The molecule has 0 spiro atoms. The van der Waals surface area contributed by atoms with E-state index in [4.69, 9.17) is 0 Å². The Bertz CT molecular complexity index is 1020. The number of nitrogens with zero attached hydrogens (tertiary/aromatic N) is 2. The fraction of sp³-hybridized carbons (Fsp3) is 0.375. The summed E-state index contributed by atoms with van der Waals surface area (Å²) in [6, 6.07) is 17.3. The molecule has 0 radical (unpaired) electrons. The highest BCUT2D eigenvalue weighted by Crippen LogP contribution is 2.29. The maximum atomic E-state index is 13.1. The molecule has 1 heterocycles. The van der Waals surface area contributed by atoms with Gasteiger partial charge in [-0.05, 0) is 30.0 Å². The van der Waals surface area contributed by atoms with Gasteiger partial charge in [0.25, 0.3) is 5.56 Å². The summed E-state index contributed by atoms with van der Waals surface area (Å²) >= 11 is 0. The maximum Gasteiger partial charge on any atom is 0.258 e. The largest absolute Gasteiger partial charge is 0.331 e. The van der Waals surface area contributed by atoms with E-state index in [1.807, 2.05) is 53.4 Å². The minimum Gasteiger partial charge on any atom is -0.331 e. The summed E-state index contributed by atoms with van der Waals surface area (Å²) in [5, 5.41) is 0.568. The lowest BCUT2D eigenvalue weighted by Crippen LogP contribution is -2.31. The zero-order valence-corrected chi connectivity index (χ0v) is 16.6. The molecule has 0 saturated heterocycles. The van der Waals surface area contributed by atoms with Crippen molar-refractivity contribution < 1.29 is 4.79 Å². The van der Waals surface area contributed by atoms with Crippen molar-refractivity contribution in [2.75, 3.05) is 0 Å². The van der Waals surface area contributed by atoms with Gasteiger partial charge in [-0.15, -0.1) is 0 Å². The third-order valence-electron chi connectivity index (χ3n) is 5.81.